The van der Waals surface area contributed by atoms with Crippen LogP contribution in [0.15, 0.2) is 46.9 Å². The fourth-order valence-electron chi connectivity index (χ4n) is 1.72. The van der Waals surface area contributed by atoms with Gasteiger partial charge >= 0.3 is 0 Å². The zero-order valence-corrected chi connectivity index (χ0v) is 13.3. The van der Waals surface area contributed by atoms with Crippen LogP contribution >= 0.6 is 27.5 Å². The van der Waals surface area contributed by atoms with E-state index in [-0.39, 0.29) is 12.5 Å². The van der Waals surface area contributed by atoms with Gasteiger partial charge in [0.2, 0.25) is 5.91 Å². The number of hydrogen-bond acceptors (Lipinski definition) is 2. The summed E-state index contributed by atoms with van der Waals surface area (Å²) in [5.41, 5.74) is 2.65. The van der Waals surface area contributed by atoms with Crippen molar-refractivity contribution in [3.8, 4) is 0 Å². The summed E-state index contributed by atoms with van der Waals surface area (Å²) >= 11 is 9.37. The molecule has 0 unspecified atom stereocenters. The smallest absolute Gasteiger partial charge is 0.243 e. The lowest BCUT2D eigenvalue weighted by molar-refractivity contribution is -0.114. The summed E-state index contributed by atoms with van der Waals surface area (Å²) in [5, 5.41) is 6.52. The molecular formula is C15H14BrClN2O. The van der Waals surface area contributed by atoms with E-state index in [9.17, 15) is 4.79 Å². The van der Waals surface area contributed by atoms with Crippen LogP contribution < -0.4 is 10.6 Å². The lowest BCUT2D eigenvalue weighted by atomic mass is 10.2. The number of rotatable bonds is 4. The summed E-state index contributed by atoms with van der Waals surface area (Å²) in [4.78, 5) is 11.9. The Morgan fingerprint density at radius 1 is 1.15 bits per heavy atom. The van der Waals surface area contributed by atoms with Crippen LogP contribution in [-0.2, 0) is 4.79 Å². The summed E-state index contributed by atoms with van der Waals surface area (Å²) in [6.07, 6.45) is 0. The van der Waals surface area contributed by atoms with Crippen molar-refractivity contribution in [2.24, 2.45) is 0 Å². The van der Waals surface area contributed by atoms with E-state index < -0.39 is 0 Å². The molecule has 0 bridgehead atoms. The van der Waals surface area contributed by atoms with Crippen molar-refractivity contribution >= 4 is 44.8 Å². The largest absolute Gasteiger partial charge is 0.375 e. The molecule has 0 aromatic heterocycles. The number of carbonyl (C=O) groups is 1. The third-order valence-electron chi connectivity index (χ3n) is 2.81. The third-order valence-corrected chi connectivity index (χ3v) is 4.21. The highest BCUT2D eigenvalue weighted by atomic mass is 79.9. The quantitative estimate of drug-likeness (QED) is 0.852. The van der Waals surface area contributed by atoms with Crippen LogP contribution in [0.25, 0.3) is 0 Å². The molecule has 0 spiro atoms. The molecule has 104 valence electrons. The van der Waals surface area contributed by atoms with Gasteiger partial charge in [0.15, 0.2) is 0 Å². The molecule has 2 aromatic carbocycles. The van der Waals surface area contributed by atoms with Gasteiger partial charge in [-0.1, -0.05) is 35.9 Å². The van der Waals surface area contributed by atoms with Gasteiger partial charge in [-0.2, -0.15) is 0 Å². The van der Waals surface area contributed by atoms with Crippen LogP contribution in [0.2, 0.25) is 5.02 Å². The van der Waals surface area contributed by atoms with Crippen LogP contribution in [0, 0.1) is 6.92 Å². The molecule has 0 aliphatic carbocycles. The van der Waals surface area contributed by atoms with Crippen molar-refractivity contribution in [2.45, 2.75) is 6.92 Å². The number of halogens is 2. The van der Waals surface area contributed by atoms with E-state index >= 15 is 0 Å². The first-order valence-corrected chi connectivity index (χ1v) is 7.28. The normalized spacial score (nSPS) is 10.2. The monoisotopic (exact) mass is 352 g/mol. The molecule has 2 aromatic rings. The molecule has 0 heterocycles. The zero-order chi connectivity index (χ0) is 14.5. The number of carbonyl (C=O) groups excluding carboxylic acids is 1. The zero-order valence-electron chi connectivity index (χ0n) is 10.9. The van der Waals surface area contributed by atoms with Crippen molar-refractivity contribution in [1.29, 1.82) is 0 Å². The second-order valence-electron chi connectivity index (χ2n) is 4.32. The standard InChI is InChI=1S/C15H14BrClN2O/c1-10-5-2-3-7-12(10)19-14(20)9-18-13-8-4-6-11(17)15(13)16/h2-8,18H,9H2,1H3,(H,19,20). The van der Waals surface area contributed by atoms with Gasteiger partial charge in [0, 0.05) is 5.69 Å². The summed E-state index contributed by atoms with van der Waals surface area (Å²) in [6, 6.07) is 13.1. The van der Waals surface area contributed by atoms with E-state index in [1.165, 1.54) is 0 Å². The highest BCUT2D eigenvalue weighted by molar-refractivity contribution is 9.10. The third kappa shape index (κ3) is 3.74. The van der Waals surface area contributed by atoms with Gasteiger partial charge in [0.25, 0.3) is 0 Å². The summed E-state index contributed by atoms with van der Waals surface area (Å²) in [7, 11) is 0. The first-order chi connectivity index (χ1) is 9.58. The van der Waals surface area contributed by atoms with E-state index in [1.54, 1.807) is 6.07 Å². The molecule has 0 fully saturated rings. The molecule has 0 aliphatic heterocycles. The maximum absolute atomic E-state index is 11.9. The highest BCUT2D eigenvalue weighted by Gasteiger charge is 2.07. The fraction of sp³-hybridized carbons (Fsp3) is 0.133. The van der Waals surface area contributed by atoms with Gasteiger partial charge < -0.3 is 10.6 Å². The molecular weight excluding hydrogens is 340 g/mol. The molecule has 2 rings (SSSR count). The predicted octanol–water partition coefficient (Wildman–Crippen LogP) is 4.46. The SMILES string of the molecule is Cc1ccccc1NC(=O)CNc1cccc(Cl)c1Br. The fourth-order valence-corrected chi connectivity index (χ4v) is 2.30. The van der Waals surface area contributed by atoms with Gasteiger partial charge in [0.05, 0.1) is 21.7 Å². The van der Waals surface area contributed by atoms with Crippen molar-refractivity contribution in [1.82, 2.24) is 0 Å². The lowest BCUT2D eigenvalue weighted by Crippen LogP contribution is -2.22. The van der Waals surface area contributed by atoms with Gasteiger partial charge in [-0.05, 0) is 46.6 Å². The Labute approximate surface area is 131 Å². The Bertz CT molecular complexity index is 631. The minimum absolute atomic E-state index is 0.105. The Kier molecular flexibility index (Phi) is 5.04. The maximum Gasteiger partial charge on any atom is 0.243 e. The molecule has 20 heavy (non-hydrogen) atoms. The topological polar surface area (TPSA) is 41.1 Å². The average molecular weight is 354 g/mol. The molecule has 2 N–H and O–H groups in total. The van der Waals surface area contributed by atoms with Gasteiger partial charge in [-0.25, -0.2) is 0 Å². The van der Waals surface area contributed by atoms with E-state index in [0.29, 0.717) is 5.02 Å². The number of anilines is 2. The Hall–Kier alpha value is -1.52. The summed E-state index contributed by atoms with van der Waals surface area (Å²) in [6.45, 7) is 2.13. The second-order valence-corrected chi connectivity index (χ2v) is 5.52. The van der Waals surface area contributed by atoms with Crippen molar-refractivity contribution < 1.29 is 4.79 Å². The number of aryl methyl sites for hydroxylation is 1. The summed E-state index contributed by atoms with van der Waals surface area (Å²) < 4.78 is 0.755. The van der Waals surface area contributed by atoms with Crippen LogP contribution in [0.4, 0.5) is 11.4 Å². The van der Waals surface area contributed by atoms with E-state index in [0.717, 1.165) is 21.4 Å². The van der Waals surface area contributed by atoms with Gasteiger partial charge in [0.1, 0.15) is 0 Å². The Morgan fingerprint density at radius 2 is 1.85 bits per heavy atom. The van der Waals surface area contributed by atoms with Crippen molar-refractivity contribution in [3.05, 3.63) is 57.5 Å². The van der Waals surface area contributed by atoms with Crippen LogP contribution in [0.5, 0.6) is 0 Å². The van der Waals surface area contributed by atoms with E-state index in [1.807, 2.05) is 43.3 Å². The summed E-state index contributed by atoms with van der Waals surface area (Å²) in [5.74, 6) is -0.105. The number of para-hydroxylation sites is 1. The molecule has 0 saturated carbocycles. The van der Waals surface area contributed by atoms with Gasteiger partial charge in [-0.15, -0.1) is 0 Å². The van der Waals surface area contributed by atoms with Crippen molar-refractivity contribution in [3.63, 3.8) is 0 Å². The Morgan fingerprint density at radius 3 is 2.60 bits per heavy atom. The lowest BCUT2D eigenvalue weighted by Gasteiger charge is -2.11. The van der Waals surface area contributed by atoms with Crippen LogP contribution in [0.1, 0.15) is 5.56 Å². The maximum atomic E-state index is 11.9. The first-order valence-electron chi connectivity index (χ1n) is 6.11. The average Bonchev–Trinajstić information content (AvgIpc) is 2.43. The van der Waals surface area contributed by atoms with E-state index in [4.69, 9.17) is 11.6 Å². The number of amides is 1. The number of nitrogens with one attached hydrogen (secondary N) is 2. The molecule has 1 amide bonds. The molecule has 0 aliphatic rings. The predicted molar refractivity (Wildman–Crippen MR) is 87.5 cm³/mol. The minimum atomic E-state index is -0.105. The highest BCUT2D eigenvalue weighted by Crippen LogP contribution is 2.29. The molecule has 0 saturated heterocycles. The van der Waals surface area contributed by atoms with Crippen molar-refractivity contribution in [2.75, 3.05) is 17.2 Å². The number of benzene rings is 2. The number of hydrogen-bond donors (Lipinski definition) is 2. The molecule has 3 nitrogen and oxygen atoms in total. The Balaban J connectivity index is 1.96. The minimum Gasteiger partial charge on any atom is -0.375 e. The first kappa shape index (κ1) is 14.9. The molecule has 5 heteroatoms. The van der Waals surface area contributed by atoms with E-state index in [2.05, 4.69) is 26.6 Å². The van der Waals surface area contributed by atoms with Gasteiger partial charge in [-0.3, -0.25) is 4.79 Å². The second kappa shape index (κ2) is 6.77. The molecule has 0 radical (unpaired) electrons. The van der Waals surface area contributed by atoms with Crippen LogP contribution in [0.3, 0.4) is 0 Å². The van der Waals surface area contributed by atoms with Crippen LogP contribution in [-0.4, -0.2) is 12.5 Å². The molecule has 0 atom stereocenters.